The van der Waals surface area contributed by atoms with Crippen LogP contribution in [0.25, 0.3) is 0 Å². The van der Waals surface area contributed by atoms with Crippen molar-refractivity contribution >= 4 is 11.9 Å². The highest BCUT2D eigenvalue weighted by molar-refractivity contribution is 6.08. The first-order valence-electron chi connectivity index (χ1n) is 8.37. The fraction of sp³-hybridized carbons (Fsp3) is 0.412. The highest BCUT2D eigenvalue weighted by atomic mass is 19.4. The second kappa shape index (κ2) is 7.01. The molecule has 0 radical (unpaired) electrons. The standard InChI is InChI=1S/C17H17F3N4O3/c1-2-3-9-12-21-13(27-23-12)10-24-14(25)16(17(18,19)20,22-15(24)26)11-7-5-4-6-8-11/h4-8H,2-3,9-10H2,1H3,(H,22,26). The molecule has 3 rings (SSSR count). The molecule has 1 aliphatic heterocycles. The number of hydrogen-bond acceptors (Lipinski definition) is 5. The molecule has 144 valence electrons. The number of amides is 3. The van der Waals surface area contributed by atoms with E-state index in [4.69, 9.17) is 4.52 Å². The zero-order valence-corrected chi connectivity index (χ0v) is 14.4. The number of carbonyl (C=O) groups excluding carboxylic acids is 2. The van der Waals surface area contributed by atoms with Gasteiger partial charge in [-0.15, -0.1) is 0 Å². The number of aryl methyl sites for hydroxylation is 1. The lowest BCUT2D eigenvalue weighted by atomic mass is 9.89. The number of hydrogen-bond donors (Lipinski definition) is 1. The Balaban J connectivity index is 1.90. The Morgan fingerprint density at radius 2 is 1.93 bits per heavy atom. The quantitative estimate of drug-likeness (QED) is 0.776. The molecule has 3 amide bonds. The van der Waals surface area contributed by atoms with Gasteiger partial charge in [0.2, 0.25) is 11.4 Å². The van der Waals surface area contributed by atoms with Gasteiger partial charge in [0, 0.05) is 6.42 Å². The zero-order chi connectivity index (χ0) is 19.7. The van der Waals surface area contributed by atoms with Gasteiger partial charge in [-0.05, 0) is 12.0 Å². The maximum absolute atomic E-state index is 13.9. The van der Waals surface area contributed by atoms with E-state index in [1.165, 1.54) is 18.2 Å². The van der Waals surface area contributed by atoms with Crippen molar-refractivity contribution in [1.82, 2.24) is 20.4 Å². The predicted octanol–water partition coefficient (Wildman–Crippen LogP) is 2.92. The first-order chi connectivity index (χ1) is 12.8. The average molecular weight is 382 g/mol. The molecule has 1 aromatic carbocycles. The molecule has 7 nitrogen and oxygen atoms in total. The van der Waals surface area contributed by atoms with Gasteiger partial charge in [-0.3, -0.25) is 9.69 Å². The summed E-state index contributed by atoms with van der Waals surface area (Å²) >= 11 is 0. The molecule has 2 aromatic rings. The molecule has 1 atom stereocenters. The lowest BCUT2D eigenvalue weighted by molar-refractivity contribution is -0.198. The van der Waals surface area contributed by atoms with Crippen molar-refractivity contribution in [2.45, 2.75) is 44.4 Å². The normalized spacial score (nSPS) is 20.2. The summed E-state index contributed by atoms with van der Waals surface area (Å²) in [5, 5.41) is 5.52. The van der Waals surface area contributed by atoms with E-state index in [2.05, 4.69) is 10.1 Å². The van der Waals surface area contributed by atoms with Gasteiger partial charge in [0.15, 0.2) is 5.82 Å². The van der Waals surface area contributed by atoms with E-state index < -0.39 is 30.2 Å². The third kappa shape index (κ3) is 3.26. The lowest BCUT2D eigenvalue weighted by Gasteiger charge is -2.29. The molecule has 2 heterocycles. The number of carbonyl (C=O) groups is 2. The summed E-state index contributed by atoms with van der Waals surface area (Å²) in [6, 6.07) is 5.36. The number of benzene rings is 1. The minimum absolute atomic E-state index is 0.101. The molecule has 0 saturated carbocycles. The minimum Gasteiger partial charge on any atom is -0.337 e. The maximum Gasteiger partial charge on any atom is 0.425 e. The van der Waals surface area contributed by atoms with Crippen molar-refractivity contribution < 1.29 is 27.3 Å². The van der Waals surface area contributed by atoms with Crippen LogP contribution < -0.4 is 5.32 Å². The van der Waals surface area contributed by atoms with Crippen LogP contribution in [-0.2, 0) is 23.3 Å². The van der Waals surface area contributed by atoms with Gasteiger partial charge in [-0.2, -0.15) is 18.2 Å². The van der Waals surface area contributed by atoms with E-state index in [0.717, 1.165) is 25.0 Å². The van der Waals surface area contributed by atoms with Gasteiger partial charge in [-0.1, -0.05) is 48.8 Å². The van der Waals surface area contributed by atoms with Crippen LogP contribution in [0.4, 0.5) is 18.0 Å². The summed E-state index contributed by atoms with van der Waals surface area (Å²) in [5.41, 5.74) is -3.51. The van der Waals surface area contributed by atoms with Crippen LogP contribution >= 0.6 is 0 Å². The number of nitrogens with one attached hydrogen (secondary N) is 1. The van der Waals surface area contributed by atoms with Gasteiger partial charge in [0.1, 0.15) is 6.54 Å². The molecule has 1 N–H and O–H groups in total. The van der Waals surface area contributed by atoms with Gasteiger partial charge in [-0.25, -0.2) is 4.79 Å². The number of rotatable bonds is 6. The number of urea groups is 1. The van der Waals surface area contributed by atoms with E-state index in [9.17, 15) is 22.8 Å². The van der Waals surface area contributed by atoms with Crippen LogP contribution in [0, 0.1) is 0 Å². The van der Waals surface area contributed by atoms with Crippen LogP contribution in [0.15, 0.2) is 34.9 Å². The van der Waals surface area contributed by atoms with Crippen LogP contribution in [0.1, 0.15) is 37.0 Å². The van der Waals surface area contributed by atoms with Crippen LogP contribution in [-0.4, -0.2) is 33.2 Å². The Morgan fingerprint density at radius 1 is 1.22 bits per heavy atom. The Hall–Kier alpha value is -2.91. The number of imide groups is 1. The first kappa shape index (κ1) is 18.9. The molecular formula is C17H17F3N4O3. The predicted molar refractivity (Wildman–Crippen MR) is 86.2 cm³/mol. The first-order valence-corrected chi connectivity index (χ1v) is 8.37. The van der Waals surface area contributed by atoms with Gasteiger partial charge in [0.05, 0.1) is 0 Å². The van der Waals surface area contributed by atoms with Crippen molar-refractivity contribution in [3.63, 3.8) is 0 Å². The number of aromatic nitrogens is 2. The summed E-state index contributed by atoms with van der Waals surface area (Å²) in [7, 11) is 0. The molecular weight excluding hydrogens is 365 g/mol. The fourth-order valence-electron chi connectivity index (χ4n) is 2.89. The monoisotopic (exact) mass is 382 g/mol. The summed E-state index contributed by atoms with van der Waals surface area (Å²) in [6.45, 7) is 1.45. The van der Waals surface area contributed by atoms with E-state index >= 15 is 0 Å². The summed E-state index contributed by atoms with van der Waals surface area (Å²) in [4.78, 5) is 29.4. The van der Waals surface area contributed by atoms with Gasteiger partial charge in [0.25, 0.3) is 5.91 Å². The van der Waals surface area contributed by atoms with Gasteiger partial charge < -0.3 is 9.84 Å². The third-order valence-electron chi connectivity index (χ3n) is 4.30. The molecule has 1 saturated heterocycles. The third-order valence-corrected chi connectivity index (χ3v) is 4.30. The number of halogens is 3. The second-order valence-electron chi connectivity index (χ2n) is 6.14. The Morgan fingerprint density at radius 3 is 2.56 bits per heavy atom. The smallest absolute Gasteiger partial charge is 0.337 e. The molecule has 1 fully saturated rings. The second-order valence-corrected chi connectivity index (χ2v) is 6.14. The lowest BCUT2D eigenvalue weighted by Crippen LogP contribution is -2.55. The molecule has 0 bridgehead atoms. The highest BCUT2D eigenvalue weighted by Crippen LogP contribution is 2.43. The number of alkyl halides is 3. The highest BCUT2D eigenvalue weighted by Gasteiger charge is 2.68. The molecule has 1 aromatic heterocycles. The molecule has 10 heteroatoms. The molecule has 0 aliphatic carbocycles. The fourth-order valence-corrected chi connectivity index (χ4v) is 2.89. The minimum atomic E-state index is -5.03. The van der Waals surface area contributed by atoms with E-state index in [1.807, 2.05) is 12.2 Å². The average Bonchev–Trinajstić information content (AvgIpc) is 3.18. The van der Waals surface area contributed by atoms with E-state index in [0.29, 0.717) is 17.1 Å². The van der Waals surface area contributed by atoms with Crippen molar-refractivity contribution in [3.8, 4) is 0 Å². The Labute approximate surface area is 152 Å². The molecule has 0 spiro atoms. The van der Waals surface area contributed by atoms with Crippen molar-refractivity contribution in [3.05, 3.63) is 47.6 Å². The van der Waals surface area contributed by atoms with E-state index in [1.54, 1.807) is 0 Å². The van der Waals surface area contributed by atoms with Crippen molar-refractivity contribution in [2.24, 2.45) is 0 Å². The van der Waals surface area contributed by atoms with Crippen LogP contribution in [0.3, 0.4) is 0 Å². The summed E-state index contributed by atoms with van der Waals surface area (Å²) in [5.74, 6) is -1.15. The molecule has 27 heavy (non-hydrogen) atoms. The largest absolute Gasteiger partial charge is 0.425 e. The van der Waals surface area contributed by atoms with Crippen LogP contribution in [0.5, 0.6) is 0 Å². The van der Waals surface area contributed by atoms with Crippen molar-refractivity contribution in [2.75, 3.05) is 0 Å². The summed E-state index contributed by atoms with van der Waals surface area (Å²) in [6.07, 6.45) is -2.77. The van der Waals surface area contributed by atoms with E-state index in [-0.39, 0.29) is 11.5 Å². The zero-order valence-electron chi connectivity index (χ0n) is 14.4. The molecule has 1 unspecified atom stereocenters. The molecule has 1 aliphatic rings. The maximum atomic E-state index is 13.9. The Kier molecular flexibility index (Phi) is 4.90. The number of unbranched alkanes of at least 4 members (excludes halogenated alkanes) is 1. The van der Waals surface area contributed by atoms with Crippen molar-refractivity contribution in [1.29, 1.82) is 0 Å². The number of nitrogens with zero attached hydrogens (tertiary/aromatic N) is 3. The topological polar surface area (TPSA) is 88.3 Å². The van der Waals surface area contributed by atoms with Gasteiger partial charge >= 0.3 is 12.2 Å². The van der Waals surface area contributed by atoms with Crippen LogP contribution in [0.2, 0.25) is 0 Å². The SMILES string of the molecule is CCCCc1noc(CN2C(=O)NC(c3ccccc3)(C(F)(F)F)C2=O)n1. The Bertz CT molecular complexity index is 837. The summed E-state index contributed by atoms with van der Waals surface area (Å²) < 4.78 is 46.6.